The van der Waals surface area contributed by atoms with E-state index in [0.717, 1.165) is 24.8 Å². The molecule has 268 valence electrons. The maximum Gasteiger partial charge on any atom is 0.422 e. The summed E-state index contributed by atoms with van der Waals surface area (Å²) in [6.07, 6.45) is -1.69. The van der Waals surface area contributed by atoms with Crippen molar-refractivity contribution in [2.75, 3.05) is 42.2 Å². The lowest BCUT2D eigenvalue weighted by molar-refractivity contribution is -0.154. The van der Waals surface area contributed by atoms with Gasteiger partial charge in [0.05, 0.1) is 5.54 Å². The predicted octanol–water partition coefficient (Wildman–Crippen LogP) is 5.21. The second kappa shape index (κ2) is 14.8. The molecule has 6 rings (SSSR count). The van der Waals surface area contributed by atoms with E-state index in [1.165, 1.54) is 11.0 Å². The molecule has 0 spiro atoms. The molecule has 2 aromatic carbocycles. The first-order chi connectivity index (χ1) is 24.3. The highest BCUT2D eigenvalue weighted by atomic mass is 35.5. The summed E-state index contributed by atoms with van der Waals surface area (Å²) in [6, 6.07) is 14.5. The molecule has 1 saturated heterocycles. The van der Waals surface area contributed by atoms with E-state index in [4.69, 9.17) is 20.9 Å². The molecule has 0 radical (unpaired) electrons. The summed E-state index contributed by atoms with van der Waals surface area (Å²) in [7, 11) is 0. The van der Waals surface area contributed by atoms with Crippen LogP contribution in [-0.2, 0) is 15.1 Å². The van der Waals surface area contributed by atoms with Gasteiger partial charge in [0, 0.05) is 42.0 Å². The van der Waals surface area contributed by atoms with E-state index in [2.05, 4.69) is 41.4 Å². The lowest BCUT2D eigenvalue weighted by Crippen LogP contribution is -2.47. The van der Waals surface area contributed by atoms with Gasteiger partial charge in [0.1, 0.15) is 5.76 Å². The number of piperidine rings is 1. The minimum atomic E-state index is -4.60. The second-order valence-corrected chi connectivity index (χ2v) is 12.8. The summed E-state index contributed by atoms with van der Waals surface area (Å²) in [5, 5.41) is 15.7. The molecule has 0 bridgehead atoms. The molecule has 1 aliphatic carbocycles. The number of aryl methyl sites for hydroxylation is 1. The fourth-order valence-electron chi connectivity index (χ4n) is 5.60. The van der Waals surface area contributed by atoms with Crippen LogP contribution in [0.5, 0.6) is 6.01 Å². The molecule has 2 aromatic heterocycles. The highest BCUT2D eigenvalue weighted by Gasteiger charge is 2.45. The number of carbonyl (C=O) groups excluding carboxylic acids is 3. The van der Waals surface area contributed by atoms with Gasteiger partial charge in [-0.25, -0.2) is 0 Å². The van der Waals surface area contributed by atoms with Crippen LogP contribution < -0.4 is 26.0 Å². The van der Waals surface area contributed by atoms with Crippen LogP contribution in [0.15, 0.2) is 59.1 Å². The Morgan fingerprint density at radius 3 is 2.43 bits per heavy atom. The van der Waals surface area contributed by atoms with E-state index < -0.39 is 36.1 Å². The molecular weight excluding hydrogens is 695 g/mol. The van der Waals surface area contributed by atoms with Crippen molar-refractivity contribution in [3.8, 4) is 6.01 Å². The molecule has 3 amide bonds. The van der Waals surface area contributed by atoms with Crippen molar-refractivity contribution in [2.24, 2.45) is 5.92 Å². The summed E-state index contributed by atoms with van der Waals surface area (Å²) >= 11 is 6.03. The molecule has 1 unspecified atom stereocenters. The van der Waals surface area contributed by atoms with Crippen molar-refractivity contribution in [2.45, 2.75) is 44.3 Å². The largest absolute Gasteiger partial charge is 0.454 e. The molecule has 51 heavy (non-hydrogen) atoms. The molecule has 18 heteroatoms. The van der Waals surface area contributed by atoms with Gasteiger partial charge in [-0.3, -0.25) is 19.7 Å². The molecular formula is C33H33ClF3N9O5. The Bertz CT molecular complexity index is 1890. The monoisotopic (exact) mass is 727 g/mol. The Morgan fingerprint density at radius 1 is 1.04 bits per heavy atom. The van der Waals surface area contributed by atoms with Crippen molar-refractivity contribution in [3.05, 3.63) is 76.5 Å². The molecule has 14 nitrogen and oxygen atoms in total. The molecule has 2 fully saturated rings. The van der Waals surface area contributed by atoms with E-state index in [9.17, 15) is 27.6 Å². The summed E-state index contributed by atoms with van der Waals surface area (Å²) in [5.74, 6) is -1.34. The van der Waals surface area contributed by atoms with E-state index >= 15 is 0 Å². The van der Waals surface area contributed by atoms with Gasteiger partial charge in [-0.15, -0.1) is 0 Å². The first kappa shape index (κ1) is 35.4. The van der Waals surface area contributed by atoms with Gasteiger partial charge in [-0.1, -0.05) is 28.9 Å². The number of rotatable bonds is 11. The minimum Gasteiger partial charge on any atom is -0.454 e. The molecule has 1 aliphatic heterocycles. The number of amides is 3. The van der Waals surface area contributed by atoms with Crippen LogP contribution in [0.2, 0.25) is 5.02 Å². The van der Waals surface area contributed by atoms with Crippen molar-refractivity contribution in [1.82, 2.24) is 30.3 Å². The van der Waals surface area contributed by atoms with Gasteiger partial charge in [-0.2, -0.15) is 28.1 Å². The van der Waals surface area contributed by atoms with Crippen LogP contribution >= 0.6 is 11.6 Å². The molecule has 4 N–H and O–H groups in total. The first-order valence-corrected chi connectivity index (χ1v) is 16.4. The number of benzene rings is 2. The van der Waals surface area contributed by atoms with Gasteiger partial charge in [-0.05, 0) is 80.5 Å². The fourth-order valence-corrected chi connectivity index (χ4v) is 5.73. The van der Waals surface area contributed by atoms with E-state index in [1.807, 2.05) is 12.1 Å². The minimum absolute atomic E-state index is 0.0155. The number of nitrogens with one attached hydrogen (secondary N) is 4. The molecule has 4 aromatic rings. The number of hydrogen-bond donors (Lipinski definition) is 4. The van der Waals surface area contributed by atoms with Crippen LogP contribution in [0.3, 0.4) is 0 Å². The second-order valence-electron chi connectivity index (χ2n) is 12.3. The van der Waals surface area contributed by atoms with Crippen LogP contribution in [0.25, 0.3) is 0 Å². The zero-order valence-electron chi connectivity index (χ0n) is 27.2. The number of hydrogen-bond acceptors (Lipinski definition) is 11. The molecule has 1 atom stereocenters. The lowest BCUT2D eigenvalue weighted by Gasteiger charge is -2.32. The average Bonchev–Trinajstić information content (AvgIpc) is 3.77. The quantitative estimate of drug-likeness (QED) is 0.149. The van der Waals surface area contributed by atoms with Gasteiger partial charge >= 0.3 is 24.0 Å². The summed E-state index contributed by atoms with van der Waals surface area (Å²) in [6.45, 7) is 1.07. The average molecular weight is 728 g/mol. The Hall–Kier alpha value is -5.45. The van der Waals surface area contributed by atoms with Crippen molar-refractivity contribution in [3.63, 3.8) is 0 Å². The SMILES string of the molecule is Cc1cc(NC(=O)C(=O)N2CCCC(CNC(=O)c3ccc(Nc4nc(NC5(c6ccc(Cl)cc6)CC5)nc(OCC(F)(F)F)n4)cc3)C2)no1. The Balaban J connectivity index is 1.05. The third-order valence-corrected chi connectivity index (χ3v) is 8.55. The van der Waals surface area contributed by atoms with Crippen molar-refractivity contribution < 1.29 is 36.8 Å². The number of anilines is 4. The van der Waals surface area contributed by atoms with Crippen molar-refractivity contribution >= 4 is 52.7 Å². The van der Waals surface area contributed by atoms with Crippen LogP contribution in [-0.4, -0.2) is 75.1 Å². The van der Waals surface area contributed by atoms with E-state index in [0.29, 0.717) is 41.5 Å². The van der Waals surface area contributed by atoms with Crippen LogP contribution in [0.1, 0.15) is 47.4 Å². The standard InChI is InChI=1S/C33H33ClF3N9O5/c1-19-15-25(45-51-19)40-27(48)28(49)46-14-2-3-20(17-46)16-38-26(47)21-4-10-24(11-5-21)39-29-41-30(43-31(42-29)50-18-33(35,36)37)44-32(12-13-32)22-6-8-23(34)9-7-22/h4-11,15,20H,2-3,12-14,16-18H2,1H3,(H,38,47)(H,40,45,48)(H2,39,41,42,43,44). The first-order valence-electron chi connectivity index (χ1n) is 16.0. The Kier molecular flexibility index (Phi) is 10.3. The highest BCUT2D eigenvalue weighted by Crippen LogP contribution is 2.48. The summed E-state index contributed by atoms with van der Waals surface area (Å²) in [4.78, 5) is 52.0. The van der Waals surface area contributed by atoms with Gasteiger partial charge in [0.25, 0.3) is 5.91 Å². The number of alkyl halides is 3. The number of carbonyl (C=O) groups is 3. The fraction of sp³-hybridized carbons (Fsp3) is 0.364. The third-order valence-electron chi connectivity index (χ3n) is 8.30. The number of aromatic nitrogens is 4. The molecule has 2 aliphatic rings. The van der Waals surface area contributed by atoms with Crippen LogP contribution in [0.4, 0.5) is 36.6 Å². The lowest BCUT2D eigenvalue weighted by atomic mass is 9.97. The van der Waals surface area contributed by atoms with E-state index in [-0.39, 0.29) is 36.1 Å². The predicted molar refractivity (Wildman–Crippen MR) is 179 cm³/mol. The number of ether oxygens (including phenoxy) is 1. The van der Waals surface area contributed by atoms with Crippen LogP contribution in [0, 0.1) is 12.8 Å². The Labute approximate surface area is 294 Å². The maximum atomic E-state index is 13.0. The summed E-state index contributed by atoms with van der Waals surface area (Å²) < 4.78 is 48.5. The number of nitrogens with zero attached hydrogens (tertiary/aromatic N) is 5. The topological polar surface area (TPSA) is 176 Å². The molecule has 1 saturated carbocycles. The summed E-state index contributed by atoms with van der Waals surface area (Å²) in [5.41, 5.74) is 1.20. The van der Waals surface area contributed by atoms with Gasteiger partial charge in [0.2, 0.25) is 11.9 Å². The highest BCUT2D eigenvalue weighted by molar-refractivity contribution is 6.39. The van der Waals surface area contributed by atoms with Gasteiger partial charge < -0.3 is 30.1 Å². The Morgan fingerprint density at radius 2 is 1.76 bits per heavy atom. The number of halogens is 4. The zero-order valence-corrected chi connectivity index (χ0v) is 28.0. The smallest absolute Gasteiger partial charge is 0.422 e. The van der Waals surface area contributed by atoms with Crippen molar-refractivity contribution in [1.29, 1.82) is 0 Å². The maximum absolute atomic E-state index is 13.0. The molecule has 3 heterocycles. The normalized spacial score (nSPS) is 16.6. The number of likely N-dealkylation sites (tertiary alicyclic amines) is 1. The van der Waals surface area contributed by atoms with E-state index in [1.54, 1.807) is 43.3 Å². The zero-order chi connectivity index (χ0) is 36.2. The van der Waals surface area contributed by atoms with Gasteiger partial charge in [0.15, 0.2) is 12.4 Å². The third kappa shape index (κ3) is 9.42.